The maximum Gasteiger partial charge on any atom is 0.273 e. The van der Waals surface area contributed by atoms with Crippen LogP contribution in [0.5, 0.6) is 0 Å². The van der Waals surface area contributed by atoms with E-state index in [0.29, 0.717) is 25.5 Å². The summed E-state index contributed by atoms with van der Waals surface area (Å²) in [6, 6.07) is 3.56. The van der Waals surface area contributed by atoms with Crippen LogP contribution < -0.4 is 10.2 Å². The lowest BCUT2D eigenvalue weighted by atomic mass is 10.2. The highest BCUT2D eigenvalue weighted by atomic mass is 16.5. The molecule has 0 atom stereocenters. The Balaban J connectivity index is 1.58. The highest BCUT2D eigenvalue weighted by Crippen LogP contribution is 2.13. The summed E-state index contributed by atoms with van der Waals surface area (Å²) in [6.07, 6.45) is 3.23. The SMILES string of the molecule is CCCc1cc(C(=O)NCc2cc(N3CCOCC3)ncn2)no1. The van der Waals surface area contributed by atoms with E-state index in [1.54, 1.807) is 6.07 Å². The molecule has 0 bridgehead atoms. The largest absolute Gasteiger partial charge is 0.378 e. The van der Waals surface area contributed by atoms with Crippen LogP contribution in [0.3, 0.4) is 0 Å². The van der Waals surface area contributed by atoms with Crippen LogP contribution in [0, 0.1) is 0 Å². The maximum atomic E-state index is 12.1. The summed E-state index contributed by atoms with van der Waals surface area (Å²) in [5, 5.41) is 6.60. The van der Waals surface area contributed by atoms with Crippen molar-refractivity contribution in [3.05, 3.63) is 35.6 Å². The van der Waals surface area contributed by atoms with Crippen LogP contribution in [0.25, 0.3) is 0 Å². The first kappa shape index (κ1) is 16.4. The van der Waals surface area contributed by atoms with E-state index in [4.69, 9.17) is 9.26 Å². The number of ether oxygens (including phenoxy) is 1. The van der Waals surface area contributed by atoms with Crippen LogP contribution in [0.2, 0.25) is 0 Å². The minimum atomic E-state index is -0.271. The number of morpholine rings is 1. The second kappa shape index (κ2) is 7.87. The van der Waals surface area contributed by atoms with Gasteiger partial charge < -0.3 is 19.5 Å². The van der Waals surface area contributed by atoms with Gasteiger partial charge in [0.1, 0.15) is 17.9 Å². The lowest BCUT2D eigenvalue weighted by molar-refractivity contribution is 0.0941. The Bertz CT molecular complexity index is 682. The highest BCUT2D eigenvalue weighted by molar-refractivity contribution is 5.92. The van der Waals surface area contributed by atoms with Gasteiger partial charge in [0.15, 0.2) is 5.69 Å². The van der Waals surface area contributed by atoms with Crippen LogP contribution in [-0.2, 0) is 17.7 Å². The quantitative estimate of drug-likeness (QED) is 0.849. The van der Waals surface area contributed by atoms with Gasteiger partial charge in [0.05, 0.1) is 25.5 Å². The second-order valence-electron chi connectivity index (χ2n) is 5.58. The van der Waals surface area contributed by atoms with Crippen LogP contribution >= 0.6 is 0 Å². The second-order valence-corrected chi connectivity index (χ2v) is 5.58. The van der Waals surface area contributed by atoms with Gasteiger partial charge in [-0.15, -0.1) is 0 Å². The molecule has 128 valence electrons. The molecule has 0 aromatic carbocycles. The third-order valence-electron chi connectivity index (χ3n) is 3.76. The lowest BCUT2D eigenvalue weighted by Gasteiger charge is -2.27. The van der Waals surface area contributed by atoms with Gasteiger partial charge >= 0.3 is 0 Å². The van der Waals surface area contributed by atoms with E-state index >= 15 is 0 Å². The van der Waals surface area contributed by atoms with Crippen LogP contribution in [0.4, 0.5) is 5.82 Å². The number of carbonyl (C=O) groups excluding carboxylic acids is 1. The fraction of sp³-hybridized carbons (Fsp3) is 0.500. The Kier molecular flexibility index (Phi) is 5.37. The number of hydrogen-bond acceptors (Lipinski definition) is 7. The average Bonchev–Trinajstić information content (AvgIpc) is 3.10. The molecule has 1 aliphatic rings. The standard InChI is InChI=1S/C16H21N5O3/c1-2-3-13-9-14(20-24-13)16(22)17-10-12-8-15(19-11-18-12)21-4-6-23-7-5-21/h8-9,11H,2-7,10H2,1H3,(H,17,22). The normalized spacial score (nSPS) is 14.6. The van der Waals surface area contributed by atoms with Crippen molar-refractivity contribution >= 4 is 11.7 Å². The molecule has 2 aromatic heterocycles. The van der Waals surface area contributed by atoms with E-state index < -0.39 is 0 Å². The summed E-state index contributed by atoms with van der Waals surface area (Å²) in [7, 11) is 0. The molecule has 3 heterocycles. The van der Waals surface area contributed by atoms with Gasteiger partial charge in [-0.2, -0.15) is 0 Å². The number of carbonyl (C=O) groups is 1. The van der Waals surface area contributed by atoms with Gasteiger partial charge in [-0.1, -0.05) is 12.1 Å². The smallest absolute Gasteiger partial charge is 0.273 e. The predicted molar refractivity (Wildman–Crippen MR) is 86.7 cm³/mol. The van der Waals surface area contributed by atoms with Crippen LogP contribution in [0.15, 0.2) is 23.0 Å². The number of nitrogens with zero attached hydrogens (tertiary/aromatic N) is 4. The Morgan fingerprint density at radius 3 is 2.92 bits per heavy atom. The summed E-state index contributed by atoms with van der Waals surface area (Å²) in [4.78, 5) is 22.8. The van der Waals surface area contributed by atoms with E-state index in [1.807, 2.05) is 13.0 Å². The molecule has 1 aliphatic heterocycles. The van der Waals surface area contributed by atoms with Crippen LogP contribution in [-0.4, -0.2) is 47.3 Å². The fourth-order valence-electron chi connectivity index (χ4n) is 2.49. The molecule has 8 nitrogen and oxygen atoms in total. The van der Waals surface area contributed by atoms with Crippen molar-refractivity contribution in [2.24, 2.45) is 0 Å². The molecule has 0 unspecified atom stereocenters. The summed E-state index contributed by atoms with van der Waals surface area (Å²) in [6.45, 7) is 5.37. The van der Waals surface area contributed by atoms with Crippen molar-refractivity contribution in [3.63, 3.8) is 0 Å². The maximum absolute atomic E-state index is 12.1. The zero-order valence-electron chi connectivity index (χ0n) is 13.7. The molecule has 3 rings (SSSR count). The zero-order chi connectivity index (χ0) is 16.8. The molecule has 1 saturated heterocycles. The molecule has 0 radical (unpaired) electrons. The molecule has 8 heteroatoms. The highest BCUT2D eigenvalue weighted by Gasteiger charge is 2.15. The van der Waals surface area contributed by atoms with E-state index in [9.17, 15) is 4.79 Å². The van der Waals surface area contributed by atoms with Gasteiger partial charge in [-0.3, -0.25) is 4.79 Å². The van der Waals surface area contributed by atoms with Gasteiger partial charge in [0, 0.05) is 31.6 Å². The Morgan fingerprint density at radius 1 is 1.29 bits per heavy atom. The summed E-state index contributed by atoms with van der Waals surface area (Å²) < 4.78 is 10.5. The summed E-state index contributed by atoms with van der Waals surface area (Å²) in [5.74, 6) is 1.30. The van der Waals surface area contributed by atoms with Crippen molar-refractivity contribution < 1.29 is 14.1 Å². The Labute approximate surface area is 140 Å². The number of hydrogen-bond donors (Lipinski definition) is 1. The number of anilines is 1. The number of aromatic nitrogens is 3. The molecule has 0 spiro atoms. The van der Waals surface area contributed by atoms with Crippen molar-refractivity contribution in [1.82, 2.24) is 20.4 Å². The van der Waals surface area contributed by atoms with E-state index in [2.05, 4.69) is 25.3 Å². The van der Waals surface area contributed by atoms with Gasteiger partial charge in [0.25, 0.3) is 5.91 Å². The number of amides is 1. The molecule has 1 fully saturated rings. The minimum Gasteiger partial charge on any atom is -0.378 e. The first-order valence-corrected chi connectivity index (χ1v) is 8.13. The van der Waals surface area contributed by atoms with E-state index in [1.165, 1.54) is 6.33 Å². The summed E-state index contributed by atoms with van der Waals surface area (Å²) in [5.41, 5.74) is 1.04. The molecule has 0 aliphatic carbocycles. The van der Waals surface area contributed by atoms with E-state index in [-0.39, 0.29) is 5.91 Å². The van der Waals surface area contributed by atoms with Crippen LogP contribution in [0.1, 0.15) is 35.3 Å². The average molecular weight is 331 g/mol. The summed E-state index contributed by atoms with van der Waals surface area (Å²) >= 11 is 0. The van der Waals surface area contributed by atoms with Crippen molar-refractivity contribution in [2.75, 3.05) is 31.2 Å². The number of rotatable bonds is 6. The number of aryl methyl sites for hydroxylation is 1. The van der Waals surface area contributed by atoms with Crippen molar-refractivity contribution in [2.45, 2.75) is 26.3 Å². The van der Waals surface area contributed by atoms with Crippen molar-refractivity contribution in [3.8, 4) is 0 Å². The fourth-order valence-corrected chi connectivity index (χ4v) is 2.49. The Hall–Kier alpha value is -2.48. The molecule has 24 heavy (non-hydrogen) atoms. The van der Waals surface area contributed by atoms with Crippen molar-refractivity contribution in [1.29, 1.82) is 0 Å². The lowest BCUT2D eigenvalue weighted by Crippen LogP contribution is -2.37. The molecular formula is C16H21N5O3. The first-order valence-electron chi connectivity index (χ1n) is 8.13. The monoisotopic (exact) mass is 331 g/mol. The molecule has 0 saturated carbocycles. The Morgan fingerprint density at radius 2 is 2.12 bits per heavy atom. The molecule has 1 N–H and O–H groups in total. The predicted octanol–water partition coefficient (Wildman–Crippen LogP) is 1.18. The van der Waals surface area contributed by atoms with E-state index in [0.717, 1.165) is 43.2 Å². The van der Waals surface area contributed by atoms with Gasteiger partial charge in [-0.05, 0) is 6.42 Å². The molecular weight excluding hydrogens is 310 g/mol. The number of nitrogens with one attached hydrogen (secondary N) is 1. The first-order chi connectivity index (χ1) is 11.8. The third kappa shape index (κ3) is 4.08. The third-order valence-corrected chi connectivity index (χ3v) is 3.76. The topological polar surface area (TPSA) is 93.4 Å². The molecule has 1 amide bonds. The minimum absolute atomic E-state index is 0.271. The molecule has 2 aromatic rings. The van der Waals surface area contributed by atoms with Gasteiger partial charge in [-0.25, -0.2) is 9.97 Å². The van der Waals surface area contributed by atoms with Gasteiger partial charge in [0.2, 0.25) is 0 Å². The zero-order valence-corrected chi connectivity index (χ0v) is 13.7.